The molecule has 3 heteroatoms. The average molecular weight is 602 g/mol. The Labute approximate surface area is 270 Å². The maximum Gasteiger partial charge on any atom is 0.143 e. The second-order valence-corrected chi connectivity index (χ2v) is 12.1. The van der Waals surface area contributed by atoms with E-state index in [1.807, 2.05) is 24.3 Å². The van der Waals surface area contributed by atoms with Crippen molar-refractivity contribution < 1.29 is 8.83 Å². The molecule has 8 aromatic carbocycles. The van der Waals surface area contributed by atoms with E-state index in [1.165, 1.54) is 16.2 Å². The molecule has 0 radical (unpaired) electrons. The van der Waals surface area contributed by atoms with Gasteiger partial charge in [0.1, 0.15) is 22.3 Å². The molecule has 47 heavy (non-hydrogen) atoms. The zero-order chi connectivity index (χ0) is 30.9. The SMILES string of the molecule is c1ccc(N(c2ccc(-c3cccc4c3oc3ccccc34)cc2)c2ccc3ccc4cc5oc6ccccc6c5cc4c3c2)cc1. The second-order valence-electron chi connectivity index (χ2n) is 12.1. The lowest BCUT2D eigenvalue weighted by Crippen LogP contribution is -2.09. The smallest absolute Gasteiger partial charge is 0.143 e. The van der Waals surface area contributed by atoms with Crippen molar-refractivity contribution in [3.8, 4) is 11.1 Å². The van der Waals surface area contributed by atoms with Crippen LogP contribution in [0.2, 0.25) is 0 Å². The van der Waals surface area contributed by atoms with E-state index in [9.17, 15) is 0 Å². The Morgan fingerprint density at radius 2 is 0.957 bits per heavy atom. The summed E-state index contributed by atoms with van der Waals surface area (Å²) >= 11 is 0. The molecule has 0 amide bonds. The molecule has 10 aromatic rings. The molecule has 0 saturated carbocycles. The Bertz CT molecular complexity index is 2790. The van der Waals surface area contributed by atoms with Crippen molar-refractivity contribution in [1.82, 2.24) is 0 Å². The Balaban J connectivity index is 1.13. The van der Waals surface area contributed by atoms with Crippen LogP contribution < -0.4 is 4.90 Å². The third-order valence-corrected chi connectivity index (χ3v) is 9.43. The minimum absolute atomic E-state index is 0.910. The molecule has 0 aliphatic rings. The number of rotatable bonds is 4. The predicted octanol–water partition coefficient (Wildman–Crippen LogP) is 12.9. The molecule has 0 saturated heterocycles. The number of furan rings is 2. The highest BCUT2D eigenvalue weighted by molar-refractivity contribution is 6.17. The number of anilines is 3. The van der Waals surface area contributed by atoms with Crippen LogP contribution in [0.4, 0.5) is 17.1 Å². The minimum Gasteiger partial charge on any atom is -0.456 e. The van der Waals surface area contributed by atoms with Gasteiger partial charge in [-0.1, -0.05) is 103 Å². The molecule has 0 aliphatic carbocycles. The van der Waals surface area contributed by atoms with Crippen LogP contribution in [0.3, 0.4) is 0 Å². The average Bonchev–Trinajstić information content (AvgIpc) is 3.70. The van der Waals surface area contributed by atoms with E-state index in [2.05, 4.69) is 144 Å². The summed E-state index contributed by atoms with van der Waals surface area (Å²) in [6.45, 7) is 0. The standard InChI is InChI=1S/C44H27NO2/c1-2-9-31(10-3-1)45(32-22-19-28(20-23-32)34-13-8-14-37-35-11-4-7-16-42(35)47-44(34)37)33-24-21-29-17-18-30-25-43-40(27-39(30)38(29)26-33)36-12-5-6-15-41(36)46-43/h1-27H. The van der Waals surface area contributed by atoms with Crippen molar-refractivity contribution in [2.24, 2.45) is 0 Å². The molecular weight excluding hydrogens is 574 g/mol. The summed E-state index contributed by atoms with van der Waals surface area (Å²) in [5.41, 5.74) is 9.15. The van der Waals surface area contributed by atoms with Gasteiger partial charge in [0.2, 0.25) is 0 Å². The molecule has 10 rings (SSSR count). The fraction of sp³-hybridized carbons (Fsp3) is 0. The van der Waals surface area contributed by atoms with Crippen LogP contribution in [-0.4, -0.2) is 0 Å². The molecular formula is C44H27NO2. The van der Waals surface area contributed by atoms with E-state index in [4.69, 9.17) is 8.83 Å². The third-order valence-electron chi connectivity index (χ3n) is 9.43. The highest BCUT2D eigenvalue weighted by Gasteiger charge is 2.17. The third kappa shape index (κ3) is 4.07. The summed E-state index contributed by atoms with van der Waals surface area (Å²) in [5.74, 6) is 0. The first-order valence-electron chi connectivity index (χ1n) is 15.9. The first-order valence-corrected chi connectivity index (χ1v) is 15.9. The van der Waals surface area contributed by atoms with Gasteiger partial charge in [0.05, 0.1) is 0 Å². The Morgan fingerprint density at radius 1 is 0.340 bits per heavy atom. The van der Waals surface area contributed by atoms with Crippen LogP contribution in [0.5, 0.6) is 0 Å². The fourth-order valence-electron chi connectivity index (χ4n) is 7.19. The maximum absolute atomic E-state index is 6.36. The van der Waals surface area contributed by atoms with Crippen molar-refractivity contribution in [3.63, 3.8) is 0 Å². The first kappa shape index (κ1) is 26.0. The number of fused-ring (bicyclic) bond motifs is 9. The lowest BCUT2D eigenvalue weighted by Gasteiger charge is -2.26. The van der Waals surface area contributed by atoms with Gasteiger partial charge < -0.3 is 13.7 Å². The van der Waals surface area contributed by atoms with Crippen molar-refractivity contribution in [2.45, 2.75) is 0 Å². The fourth-order valence-corrected chi connectivity index (χ4v) is 7.19. The summed E-state index contributed by atoms with van der Waals surface area (Å²) in [7, 11) is 0. The number of para-hydroxylation sites is 4. The van der Waals surface area contributed by atoms with E-state index in [0.29, 0.717) is 0 Å². The molecule has 0 spiro atoms. The van der Waals surface area contributed by atoms with Crippen molar-refractivity contribution >= 4 is 82.5 Å². The molecule has 0 bridgehead atoms. The highest BCUT2D eigenvalue weighted by Crippen LogP contribution is 2.41. The molecule has 0 atom stereocenters. The number of hydrogen-bond donors (Lipinski definition) is 0. The number of nitrogens with zero attached hydrogens (tertiary/aromatic N) is 1. The molecule has 2 heterocycles. The summed E-state index contributed by atoms with van der Waals surface area (Å²) in [5, 5.41) is 9.35. The van der Waals surface area contributed by atoms with Crippen LogP contribution in [0, 0.1) is 0 Å². The quantitative estimate of drug-likeness (QED) is 0.188. The maximum atomic E-state index is 6.36. The van der Waals surface area contributed by atoms with Gasteiger partial charge in [-0.15, -0.1) is 0 Å². The number of benzene rings is 8. The van der Waals surface area contributed by atoms with E-state index in [1.54, 1.807) is 0 Å². The molecule has 2 aromatic heterocycles. The van der Waals surface area contributed by atoms with Gasteiger partial charge in [0.15, 0.2) is 0 Å². The summed E-state index contributed by atoms with van der Waals surface area (Å²) < 4.78 is 12.6. The van der Waals surface area contributed by atoms with E-state index >= 15 is 0 Å². The summed E-state index contributed by atoms with van der Waals surface area (Å²) in [6.07, 6.45) is 0. The van der Waals surface area contributed by atoms with Gasteiger partial charge in [0.25, 0.3) is 0 Å². The van der Waals surface area contributed by atoms with Gasteiger partial charge >= 0.3 is 0 Å². The minimum atomic E-state index is 0.910. The number of hydrogen-bond acceptors (Lipinski definition) is 3. The van der Waals surface area contributed by atoms with Crippen molar-refractivity contribution in [3.05, 3.63) is 164 Å². The molecule has 0 aliphatic heterocycles. The second kappa shape index (κ2) is 10.1. The van der Waals surface area contributed by atoms with Crippen molar-refractivity contribution in [1.29, 1.82) is 0 Å². The van der Waals surface area contributed by atoms with Gasteiger partial charge in [0, 0.05) is 44.2 Å². The van der Waals surface area contributed by atoms with Gasteiger partial charge in [-0.05, 0) is 87.8 Å². The van der Waals surface area contributed by atoms with Crippen LogP contribution in [-0.2, 0) is 0 Å². The monoisotopic (exact) mass is 601 g/mol. The zero-order valence-electron chi connectivity index (χ0n) is 25.4. The lowest BCUT2D eigenvalue weighted by molar-refractivity contribution is 0.669. The Hall–Kier alpha value is -6.32. The Kier molecular flexibility index (Phi) is 5.57. The lowest BCUT2D eigenvalue weighted by atomic mass is 9.98. The highest BCUT2D eigenvalue weighted by atomic mass is 16.3. The summed E-state index contributed by atoms with van der Waals surface area (Å²) in [4.78, 5) is 2.33. The van der Waals surface area contributed by atoms with E-state index in [-0.39, 0.29) is 0 Å². The first-order chi connectivity index (χ1) is 23.3. The molecule has 0 N–H and O–H groups in total. The zero-order valence-corrected chi connectivity index (χ0v) is 25.4. The van der Waals surface area contributed by atoms with Gasteiger partial charge in [-0.2, -0.15) is 0 Å². The Morgan fingerprint density at radius 3 is 1.79 bits per heavy atom. The largest absolute Gasteiger partial charge is 0.456 e. The van der Waals surface area contributed by atoms with Crippen LogP contribution in [0.15, 0.2) is 173 Å². The molecule has 0 unspecified atom stereocenters. The van der Waals surface area contributed by atoms with E-state index < -0.39 is 0 Å². The van der Waals surface area contributed by atoms with Gasteiger partial charge in [-0.25, -0.2) is 0 Å². The van der Waals surface area contributed by atoms with Crippen LogP contribution >= 0.6 is 0 Å². The van der Waals surface area contributed by atoms with Crippen molar-refractivity contribution in [2.75, 3.05) is 4.90 Å². The van der Waals surface area contributed by atoms with Crippen LogP contribution in [0.25, 0.3) is 76.5 Å². The van der Waals surface area contributed by atoms with E-state index in [0.717, 1.165) is 77.5 Å². The van der Waals surface area contributed by atoms with Gasteiger partial charge in [-0.3, -0.25) is 0 Å². The molecule has 3 nitrogen and oxygen atoms in total. The normalized spacial score (nSPS) is 11.8. The summed E-state index contributed by atoms with van der Waals surface area (Å²) in [6, 6.07) is 57.9. The molecule has 0 fully saturated rings. The topological polar surface area (TPSA) is 29.5 Å². The molecule has 220 valence electrons. The van der Waals surface area contributed by atoms with Crippen LogP contribution in [0.1, 0.15) is 0 Å². The predicted molar refractivity (Wildman–Crippen MR) is 196 cm³/mol.